The second kappa shape index (κ2) is 8.79. The molecule has 0 radical (unpaired) electrons. The fourth-order valence-electron chi connectivity index (χ4n) is 2.82. The number of benzene rings is 2. The van der Waals surface area contributed by atoms with Crippen LogP contribution in [0, 0.1) is 6.92 Å². The Morgan fingerprint density at radius 3 is 2.80 bits per heavy atom. The molecular formula is C21H19ClN6O2. The number of para-hydroxylation sites is 1. The molecule has 1 amide bonds. The summed E-state index contributed by atoms with van der Waals surface area (Å²) in [6, 6.07) is 16.8. The maximum absolute atomic E-state index is 12.4. The van der Waals surface area contributed by atoms with Crippen molar-refractivity contribution in [1.82, 2.24) is 24.5 Å². The van der Waals surface area contributed by atoms with Crippen LogP contribution in [0.3, 0.4) is 0 Å². The highest BCUT2D eigenvalue weighted by Crippen LogP contribution is 2.16. The molecule has 0 saturated carbocycles. The number of nitrogens with one attached hydrogen (secondary N) is 1. The van der Waals surface area contributed by atoms with Gasteiger partial charge in [0.05, 0.1) is 6.54 Å². The third kappa shape index (κ3) is 4.84. The van der Waals surface area contributed by atoms with Gasteiger partial charge in [-0.1, -0.05) is 41.9 Å². The van der Waals surface area contributed by atoms with Crippen LogP contribution < -0.4 is 10.1 Å². The molecule has 0 fully saturated rings. The van der Waals surface area contributed by atoms with Crippen LogP contribution in [0.25, 0.3) is 0 Å². The lowest BCUT2D eigenvalue weighted by Gasteiger charge is -2.08. The number of hydrogen-bond acceptors (Lipinski definition) is 5. The monoisotopic (exact) mass is 422 g/mol. The van der Waals surface area contributed by atoms with Gasteiger partial charge in [0.1, 0.15) is 12.1 Å². The number of nitrogens with zero attached hydrogens (tertiary/aromatic N) is 5. The molecule has 4 rings (SSSR count). The minimum absolute atomic E-state index is 0.199. The van der Waals surface area contributed by atoms with E-state index in [2.05, 4.69) is 20.5 Å². The lowest BCUT2D eigenvalue weighted by atomic mass is 10.2. The van der Waals surface area contributed by atoms with E-state index in [1.54, 1.807) is 28.0 Å². The fourth-order valence-corrected chi connectivity index (χ4v) is 3.04. The molecule has 152 valence electrons. The minimum Gasteiger partial charge on any atom is -0.471 e. The van der Waals surface area contributed by atoms with E-state index in [-0.39, 0.29) is 18.4 Å². The third-order valence-electron chi connectivity index (χ3n) is 4.31. The number of ether oxygens (including phenoxy) is 1. The van der Waals surface area contributed by atoms with Crippen LogP contribution >= 0.6 is 11.6 Å². The largest absolute Gasteiger partial charge is 0.471 e. The predicted molar refractivity (Wildman–Crippen MR) is 113 cm³/mol. The summed E-state index contributed by atoms with van der Waals surface area (Å²) in [5.74, 6) is 0.575. The maximum atomic E-state index is 12.4. The van der Waals surface area contributed by atoms with Gasteiger partial charge >= 0.3 is 0 Å². The second-order valence-electron chi connectivity index (χ2n) is 6.63. The summed E-state index contributed by atoms with van der Waals surface area (Å²) in [7, 11) is 0. The van der Waals surface area contributed by atoms with Crippen molar-refractivity contribution in [3.05, 3.63) is 89.0 Å². The SMILES string of the molecule is Cc1ccccc1OCn1ccc(C(=O)Nc2ncn(Cc3cccc(Cl)c3)n2)n1. The van der Waals surface area contributed by atoms with E-state index in [0.29, 0.717) is 11.6 Å². The Kier molecular flexibility index (Phi) is 5.76. The molecule has 0 bridgehead atoms. The van der Waals surface area contributed by atoms with Gasteiger partial charge in [-0.2, -0.15) is 5.10 Å². The Hall–Kier alpha value is -3.65. The molecule has 30 heavy (non-hydrogen) atoms. The van der Waals surface area contributed by atoms with Crippen molar-refractivity contribution < 1.29 is 9.53 Å². The molecule has 0 atom stereocenters. The molecular weight excluding hydrogens is 404 g/mol. The van der Waals surface area contributed by atoms with Crippen molar-refractivity contribution >= 4 is 23.5 Å². The maximum Gasteiger partial charge on any atom is 0.278 e. The Morgan fingerprint density at radius 1 is 1.10 bits per heavy atom. The molecule has 0 spiro atoms. The number of carbonyl (C=O) groups excluding carboxylic acids is 1. The molecule has 9 heteroatoms. The lowest BCUT2D eigenvalue weighted by molar-refractivity contribution is 0.101. The zero-order valence-corrected chi connectivity index (χ0v) is 17.0. The van der Waals surface area contributed by atoms with Gasteiger partial charge in [-0.25, -0.2) is 14.3 Å². The Balaban J connectivity index is 1.34. The van der Waals surface area contributed by atoms with E-state index in [4.69, 9.17) is 16.3 Å². The standard InChI is InChI=1S/C21H19ClN6O2/c1-15-5-2-3-8-19(15)30-14-27-10-9-18(25-27)20(29)24-21-23-13-28(26-21)12-16-6-4-7-17(22)11-16/h2-11,13H,12,14H2,1H3,(H,24,26,29). The van der Waals surface area contributed by atoms with E-state index in [9.17, 15) is 4.79 Å². The average molecular weight is 423 g/mol. The molecule has 0 unspecified atom stereocenters. The summed E-state index contributed by atoms with van der Waals surface area (Å²) in [6.07, 6.45) is 3.23. The van der Waals surface area contributed by atoms with Gasteiger partial charge in [0, 0.05) is 11.2 Å². The van der Waals surface area contributed by atoms with Crippen LogP contribution in [-0.4, -0.2) is 30.5 Å². The number of aryl methyl sites for hydroxylation is 1. The van der Waals surface area contributed by atoms with Crippen LogP contribution in [0.4, 0.5) is 5.95 Å². The molecule has 2 heterocycles. The Bertz CT molecular complexity index is 1170. The molecule has 0 aliphatic heterocycles. The van der Waals surface area contributed by atoms with E-state index < -0.39 is 5.91 Å². The van der Waals surface area contributed by atoms with Gasteiger partial charge in [-0.15, -0.1) is 5.10 Å². The number of amides is 1. The van der Waals surface area contributed by atoms with Crippen molar-refractivity contribution in [2.45, 2.75) is 20.2 Å². The molecule has 0 aliphatic rings. The Morgan fingerprint density at radius 2 is 1.97 bits per heavy atom. The Labute approximate surface area is 178 Å². The highest BCUT2D eigenvalue weighted by atomic mass is 35.5. The zero-order chi connectivity index (χ0) is 20.9. The van der Waals surface area contributed by atoms with Gasteiger partial charge < -0.3 is 4.74 Å². The first-order valence-electron chi connectivity index (χ1n) is 9.24. The summed E-state index contributed by atoms with van der Waals surface area (Å²) >= 11 is 6.00. The summed E-state index contributed by atoms with van der Waals surface area (Å²) < 4.78 is 8.90. The normalized spacial score (nSPS) is 10.7. The number of halogens is 1. The highest BCUT2D eigenvalue weighted by molar-refractivity contribution is 6.30. The summed E-state index contributed by atoms with van der Waals surface area (Å²) in [5.41, 5.74) is 2.26. The van der Waals surface area contributed by atoms with Crippen molar-refractivity contribution in [2.75, 3.05) is 5.32 Å². The highest BCUT2D eigenvalue weighted by Gasteiger charge is 2.13. The first-order chi connectivity index (χ1) is 14.6. The zero-order valence-electron chi connectivity index (χ0n) is 16.2. The van der Waals surface area contributed by atoms with Crippen LogP contribution in [0.1, 0.15) is 21.6 Å². The van der Waals surface area contributed by atoms with Crippen molar-refractivity contribution in [2.24, 2.45) is 0 Å². The summed E-state index contributed by atoms with van der Waals surface area (Å²) in [5, 5.41) is 11.8. The minimum atomic E-state index is -0.398. The molecule has 0 aliphatic carbocycles. The topological polar surface area (TPSA) is 86.9 Å². The van der Waals surface area contributed by atoms with Gasteiger partial charge in [-0.05, 0) is 42.3 Å². The molecule has 0 saturated heterocycles. The average Bonchev–Trinajstić information content (AvgIpc) is 3.37. The smallest absolute Gasteiger partial charge is 0.278 e. The van der Waals surface area contributed by atoms with E-state index in [0.717, 1.165) is 16.9 Å². The second-order valence-corrected chi connectivity index (χ2v) is 7.07. The number of hydrogen-bond donors (Lipinski definition) is 1. The fraction of sp³-hybridized carbons (Fsp3) is 0.143. The lowest BCUT2D eigenvalue weighted by Crippen LogP contribution is -2.15. The molecule has 8 nitrogen and oxygen atoms in total. The van der Waals surface area contributed by atoms with Crippen molar-refractivity contribution in [3.63, 3.8) is 0 Å². The van der Waals surface area contributed by atoms with Gasteiger partial charge in [-0.3, -0.25) is 10.1 Å². The van der Waals surface area contributed by atoms with Gasteiger partial charge in [0.15, 0.2) is 12.4 Å². The van der Waals surface area contributed by atoms with E-state index in [1.165, 1.54) is 0 Å². The number of aromatic nitrogens is 5. The predicted octanol–water partition coefficient (Wildman–Crippen LogP) is 3.77. The van der Waals surface area contributed by atoms with Crippen LogP contribution in [0.2, 0.25) is 5.02 Å². The summed E-state index contributed by atoms with van der Waals surface area (Å²) in [6.45, 7) is 2.66. The molecule has 1 N–H and O–H groups in total. The first kappa shape index (κ1) is 19.7. The van der Waals surface area contributed by atoms with Crippen molar-refractivity contribution in [3.8, 4) is 5.75 Å². The van der Waals surface area contributed by atoms with Crippen molar-refractivity contribution in [1.29, 1.82) is 0 Å². The molecule has 2 aromatic heterocycles. The third-order valence-corrected chi connectivity index (χ3v) is 4.55. The van der Waals surface area contributed by atoms with Crippen LogP contribution in [-0.2, 0) is 13.3 Å². The molecule has 4 aromatic rings. The number of anilines is 1. The van der Waals surface area contributed by atoms with E-state index in [1.807, 2.05) is 55.5 Å². The quantitative estimate of drug-likeness (QED) is 0.490. The van der Waals surface area contributed by atoms with Gasteiger partial charge in [0.2, 0.25) is 5.95 Å². The van der Waals surface area contributed by atoms with Crippen LogP contribution in [0.5, 0.6) is 5.75 Å². The molecule has 2 aromatic carbocycles. The number of rotatable bonds is 7. The van der Waals surface area contributed by atoms with Crippen LogP contribution in [0.15, 0.2) is 67.1 Å². The van der Waals surface area contributed by atoms with E-state index >= 15 is 0 Å². The van der Waals surface area contributed by atoms with Gasteiger partial charge in [0.25, 0.3) is 5.91 Å². The number of carbonyl (C=O) groups is 1. The summed E-state index contributed by atoms with van der Waals surface area (Å²) in [4.78, 5) is 16.6. The first-order valence-corrected chi connectivity index (χ1v) is 9.62.